The van der Waals surface area contributed by atoms with Crippen molar-refractivity contribution in [3.8, 4) is 11.3 Å². The van der Waals surface area contributed by atoms with E-state index in [-0.39, 0.29) is 16.3 Å². The lowest BCUT2D eigenvalue weighted by atomic mass is 10.1. The van der Waals surface area contributed by atoms with E-state index in [2.05, 4.69) is 21.2 Å². The van der Waals surface area contributed by atoms with Gasteiger partial charge in [0.1, 0.15) is 27.5 Å². The van der Waals surface area contributed by atoms with Crippen LogP contribution in [-0.2, 0) is 0 Å². The number of aromatic carboxylic acids is 1. The molecule has 0 atom stereocenters. The van der Waals surface area contributed by atoms with Crippen molar-refractivity contribution in [1.29, 1.82) is 0 Å². The van der Waals surface area contributed by atoms with Gasteiger partial charge in [0, 0.05) is 26.2 Å². The molecule has 0 saturated heterocycles. The van der Waals surface area contributed by atoms with E-state index in [1.807, 2.05) is 36.4 Å². The number of amides is 1. The molecule has 0 radical (unpaired) electrons. The molecule has 0 spiro atoms. The Hall–Kier alpha value is -3.36. The van der Waals surface area contributed by atoms with Crippen LogP contribution in [0, 0.1) is 0 Å². The number of carboxylic acids is 1. The van der Waals surface area contributed by atoms with Crippen molar-refractivity contribution in [3.05, 3.63) is 75.8 Å². The summed E-state index contributed by atoms with van der Waals surface area (Å²) in [7, 11) is 0. The van der Waals surface area contributed by atoms with E-state index in [1.165, 1.54) is 0 Å². The second kappa shape index (κ2) is 7.16. The highest BCUT2D eigenvalue weighted by atomic mass is 79.9. The number of hydrogen-bond donors (Lipinski definition) is 2. The predicted octanol–water partition coefficient (Wildman–Crippen LogP) is 6.62. The predicted molar refractivity (Wildman–Crippen MR) is 118 cm³/mol. The lowest BCUT2D eigenvalue weighted by molar-refractivity contribution is 0.0699. The van der Waals surface area contributed by atoms with Gasteiger partial charge in [-0.2, -0.15) is 0 Å². The summed E-state index contributed by atoms with van der Waals surface area (Å²) in [6, 6.07) is 16.2. The molecule has 0 saturated carbocycles. The Morgan fingerprint density at radius 3 is 2.57 bits per heavy atom. The third-order valence-corrected chi connectivity index (χ3v) is 6.02. The fraction of sp³-hybridized carbons (Fsp3) is 0. The van der Waals surface area contributed by atoms with Crippen LogP contribution in [0.5, 0.6) is 0 Å². The topological polar surface area (TPSA) is 92.7 Å². The number of furan rings is 2. The van der Waals surface area contributed by atoms with Crippen LogP contribution in [0.15, 0.2) is 73.3 Å². The molecule has 0 aliphatic rings. The van der Waals surface area contributed by atoms with Crippen molar-refractivity contribution in [3.63, 3.8) is 0 Å². The van der Waals surface area contributed by atoms with E-state index in [9.17, 15) is 14.7 Å². The number of carbonyl (C=O) groups is 2. The third kappa shape index (κ3) is 3.20. The van der Waals surface area contributed by atoms with Crippen LogP contribution in [0.1, 0.15) is 20.9 Å². The zero-order chi connectivity index (χ0) is 20.8. The van der Waals surface area contributed by atoms with Gasteiger partial charge in [-0.15, -0.1) is 11.3 Å². The number of para-hydroxylation sites is 1. The first-order valence-corrected chi connectivity index (χ1v) is 10.5. The molecule has 30 heavy (non-hydrogen) atoms. The highest BCUT2D eigenvalue weighted by Crippen LogP contribution is 2.38. The number of anilines is 1. The quantitative estimate of drug-likeness (QED) is 0.300. The van der Waals surface area contributed by atoms with Gasteiger partial charge in [-0.3, -0.25) is 4.79 Å². The molecule has 2 aromatic carbocycles. The van der Waals surface area contributed by atoms with Gasteiger partial charge >= 0.3 is 5.97 Å². The number of carboxylic acid groups (broad SMARTS) is 1. The molecule has 5 rings (SSSR count). The Morgan fingerprint density at radius 1 is 0.967 bits per heavy atom. The molecule has 8 heteroatoms. The Balaban J connectivity index is 1.52. The van der Waals surface area contributed by atoms with Gasteiger partial charge in [0.2, 0.25) is 0 Å². The van der Waals surface area contributed by atoms with Gasteiger partial charge in [0.05, 0.1) is 0 Å². The molecule has 0 aliphatic heterocycles. The number of rotatable bonds is 4. The molecule has 3 heterocycles. The summed E-state index contributed by atoms with van der Waals surface area (Å²) in [5, 5.41) is 16.0. The summed E-state index contributed by atoms with van der Waals surface area (Å²) in [4.78, 5) is 24.7. The van der Waals surface area contributed by atoms with E-state index < -0.39 is 11.9 Å². The van der Waals surface area contributed by atoms with Gasteiger partial charge in [-0.1, -0.05) is 34.1 Å². The molecular weight excluding hydrogens is 470 g/mol. The minimum atomic E-state index is -1.16. The zero-order valence-electron chi connectivity index (χ0n) is 15.1. The van der Waals surface area contributed by atoms with E-state index in [0.717, 1.165) is 26.6 Å². The number of benzene rings is 2. The summed E-state index contributed by atoms with van der Waals surface area (Å²) in [5.74, 6) is -1.15. The smallest absolute Gasteiger partial charge is 0.339 e. The van der Waals surface area contributed by atoms with E-state index in [0.29, 0.717) is 22.5 Å². The molecule has 148 valence electrons. The van der Waals surface area contributed by atoms with E-state index in [4.69, 9.17) is 8.83 Å². The fourth-order valence-electron chi connectivity index (χ4n) is 3.24. The van der Waals surface area contributed by atoms with Gasteiger partial charge in [-0.05, 0) is 36.4 Å². The Bertz CT molecular complexity index is 1410. The highest BCUT2D eigenvalue weighted by molar-refractivity contribution is 9.10. The minimum Gasteiger partial charge on any atom is -0.478 e. The lowest BCUT2D eigenvalue weighted by Gasteiger charge is -2.03. The Morgan fingerprint density at radius 2 is 1.77 bits per heavy atom. The molecule has 6 nitrogen and oxygen atoms in total. The van der Waals surface area contributed by atoms with Crippen LogP contribution in [0.4, 0.5) is 5.00 Å². The number of thiophene rings is 1. The highest BCUT2D eigenvalue weighted by Gasteiger charge is 2.24. The third-order valence-electron chi connectivity index (χ3n) is 4.63. The van der Waals surface area contributed by atoms with Gasteiger partial charge < -0.3 is 19.3 Å². The van der Waals surface area contributed by atoms with Crippen molar-refractivity contribution in [2.45, 2.75) is 0 Å². The van der Waals surface area contributed by atoms with Crippen LogP contribution >= 0.6 is 27.3 Å². The van der Waals surface area contributed by atoms with E-state index >= 15 is 0 Å². The fourth-order valence-corrected chi connectivity index (χ4v) is 4.52. The number of halogens is 1. The first kappa shape index (κ1) is 18.7. The normalized spacial score (nSPS) is 11.2. The van der Waals surface area contributed by atoms with Crippen LogP contribution in [0.3, 0.4) is 0 Å². The van der Waals surface area contributed by atoms with Crippen LogP contribution in [0.25, 0.3) is 33.3 Å². The number of carbonyl (C=O) groups excluding carboxylic acids is 1. The van der Waals surface area contributed by atoms with Crippen LogP contribution in [0.2, 0.25) is 0 Å². The molecule has 0 aliphatic carbocycles. The molecule has 3 aromatic heterocycles. The molecule has 0 bridgehead atoms. The number of hydrogen-bond acceptors (Lipinski definition) is 5. The zero-order valence-corrected chi connectivity index (χ0v) is 17.5. The lowest BCUT2D eigenvalue weighted by Crippen LogP contribution is -2.12. The maximum Gasteiger partial charge on any atom is 0.339 e. The molecule has 2 N–H and O–H groups in total. The summed E-state index contributed by atoms with van der Waals surface area (Å²) in [6.07, 6.45) is 0. The van der Waals surface area contributed by atoms with Crippen molar-refractivity contribution in [1.82, 2.24) is 0 Å². The van der Waals surface area contributed by atoms with Crippen LogP contribution in [-0.4, -0.2) is 17.0 Å². The summed E-state index contributed by atoms with van der Waals surface area (Å²) < 4.78 is 12.3. The molecule has 1 amide bonds. The first-order valence-electron chi connectivity index (χ1n) is 8.84. The number of nitrogens with one attached hydrogen (secondary N) is 1. The standard InChI is InChI=1S/C22H12BrNO5S/c23-13-6-5-12-7-17(29-16(12)9-13)14-10-30-21(19(14)22(26)27)24-20(25)18-8-11-3-1-2-4-15(11)28-18/h1-10H,(H,24,25)(H,26,27). The molecule has 0 unspecified atom stereocenters. The Labute approximate surface area is 181 Å². The average Bonchev–Trinajstić information content (AvgIpc) is 3.43. The van der Waals surface area contributed by atoms with Crippen molar-refractivity contribution in [2.75, 3.05) is 5.32 Å². The second-order valence-electron chi connectivity index (χ2n) is 6.55. The summed E-state index contributed by atoms with van der Waals surface area (Å²) in [5.41, 5.74) is 1.60. The first-order chi connectivity index (χ1) is 14.5. The molecular formula is C22H12BrNO5S. The van der Waals surface area contributed by atoms with Crippen LogP contribution < -0.4 is 5.32 Å². The van der Waals surface area contributed by atoms with E-state index in [1.54, 1.807) is 23.6 Å². The summed E-state index contributed by atoms with van der Waals surface area (Å²) in [6.45, 7) is 0. The second-order valence-corrected chi connectivity index (χ2v) is 8.35. The van der Waals surface area contributed by atoms with Crippen molar-refractivity contribution < 1.29 is 23.5 Å². The van der Waals surface area contributed by atoms with Crippen molar-refractivity contribution >= 4 is 66.1 Å². The van der Waals surface area contributed by atoms with Gasteiger partial charge in [0.15, 0.2) is 5.76 Å². The molecule has 5 aromatic rings. The van der Waals surface area contributed by atoms with Crippen molar-refractivity contribution in [2.24, 2.45) is 0 Å². The largest absolute Gasteiger partial charge is 0.478 e. The van der Waals surface area contributed by atoms with Gasteiger partial charge in [0.25, 0.3) is 5.91 Å². The summed E-state index contributed by atoms with van der Waals surface area (Å²) >= 11 is 4.51. The molecule has 0 fully saturated rings. The van der Waals surface area contributed by atoms with Gasteiger partial charge in [-0.25, -0.2) is 4.79 Å². The average molecular weight is 482 g/mol. The number of fused-ring (bicyclic) bond motifs is 2. The monoisotopic (exact) mass is 481 g/mol. The maximum absolute atomic E-state index is 12.7. The minimum absolute atomic E-state index is 0.0254. The Kier molecular flexibility index (Phi) is 4.45. The SMILES string of the molecule is O=C(Nc1scc(-c2cc3ccc(Br)cc3o2)c1C(=O)O)c1cc2ccccc2o1. The maximum atomic E-state index is 12.7.